The van der Waals surface area contributed by atoms with Gasteiger partial charge in [0.2, 0.25) is 0 Å². The van der Waals surface area contributed by atoms with Crippen LogP contribution in [0.1, 0.15) is 38.5 Å². The summed E-state index contributed by atoms with van der Waals surface area (Å²) in [5.41, 5.74) is 18.0. The molecule has 0 saturated heterocycles. The number of aryl methyl sites for hydroxylation is 2. The Morgan fingerprint density at radius 3 is 2.19 bits per heavy atom. The van der Waals surface area contributed by atoms with Crippen LogP contribution in [0.3, 0.4) is 0 Å². The summed E-state index contributed by atoms with van der Waals surface area (Å²) in [5, 5.41) is 9.88. The van der Waals surface area contributed by atoms with E-state index in [1.54, 1.807) is 47.8 Å². The number of nitrogens with two attached hydrogens (primary N) is 3. The highest BCUT2D eigenvalue weighted by Crippen LogP contribution is 2.14. The van der Waals surface area contributed by atoms with Crippen molar-refractivity contribution in [2.24, 2.45) is 36.3 Å². The lowest BCUT2D eigenvalue weighted by Crippen LogP contribution is -2.28. The third-order valence-electron chi connectivity index (χ3n) is 4.53. The Morgan fingerprint density at radius 2 is 1.58 bits per heavy atom. The molecule has 0 atom stereocenters. The molecule has 11 heteroatoms. The molecule has 31 heavy (non-hydrogen) atoms. The number of ketones is 2. The number of hydrogen-bond donors (Lipinski definition) is 5. The van der Waals surface area contributed by atoms with Crippen LogP contribution in [0.5, 0.6) is 0 Å². The lowest BCUT2D eigenvalue weighted by Gasteiger charge is -2.04. The standard InChI is InChI=1S/C20H28N8O3/c1-27-10-12(5-14(29)9-26-20(23)24)6-15(27)17(30)8-13-7-16(28(2)11-13)19(31)25-4-3-18(21)22/h6-7,10-11H,3-5,8-9H2,1-2H3,(H3,21,22)(H,25,31)(H4,23,24,26). The van der Waals surface area contributed by atoms with Crippen LogP contribution in [0, 0.1) is 5.41 Å². The number of hydrogen-bond acceptors (Lipinski definition) is 5. The van der Waals surface area contributed by atoms with E-state index in [4.69, 9.17) is 22.6 Å². The first-order chi connectivity index (χ1) is 14.6. The van der Waals surface area contributed by atoms with Crippen LogP contribution in [0.4, 0.5) is 0 Å². The second-order valence-corrected chi connectivity index (χ2v) is 7.28. The molecule has 11 nitrogen and oxygen atoms in total. The third-order valence-corrected chi connectivity index (χ3v) is 4.53. The quantitative estimate of drug-likeness (QED) is 0.177. The minimum Gasteiger partial charge on any atom is -0.388 e. The second-order valence-electron chi connectivity index (χ2n) is 7.28. The largest absolute Gasteiger partial charge is 0.388 e. The van der Waals surface area contributed by atoms with Crippen molar-refractivity contribution in [1.82, 2.24) is 14.5 Å². The number of guanidine groups is 1. The van der Waals surface area contributed by atoms with Crippen molar-refractivity contribution in [2.75, 3.05) is 13.1 Å². The summed E-state index contributed by atoms with van der Waals surface area (Å²) >= 11 is 0. The average molecular weight is 428 g/mol. The van der Waals surface area contributed by atoms with E-state index in [0.29, 0.717) is 22.5 Å². The van der Waals surface area contributed by atoms with Crippen molar-refractivity contribution in [3.8, 4) is 0 Å². The molecule has 0 saturated carbocycles. The molecule has 1 amide bonds. The van der Waals surface area contributed by atoms with Crippen molar-refractivity contribution in [3.63, 3.8) is 0 Å². The maximum atomic E-state index is 12.8. The number of rotatable bonds is 11. The molecule has 2 heterocycles. The fourth-order valence-corrected chi connectivity index (χ4v) is 3.10. The van der Waals surface area contributed by atoms with Crippen LogP contribution in [-0.2, 0) is 31.7 Å². The zero-order valence-electron chi connectivity index (χ0n) is 17.6. The molecule has 2 rings (SSSR count). The number of Topliss-reactive ketones (excluding diaryl/α,β-unsaturated/α-hetero) is 2. The minimum atomic E-state index is -0.303. The number of amides is 1. The summed E-state index contributed by atoms with van der Waals surface area (Å²) < 4.78 is 3.31. The first kappa shape index (κ1) is 23.4. The number of carbonyl (C=O) groups excluding carboxylic acids is 3. The zero-order chi connectivity index (χ0) is 23.1. The Bertz CT molecular complexity index is 1030. The van der Waals surface area contributed by atoms with Crippen molar-refractivity contribution >= 4 is 29.3 Å². The zero-order valence-corrected chi connectivity index (χ0v) is 17.6. The van der Waals surface area contributed by atoms with Gasteiger partial charge in [-0.15, -0.1) is 0 Å². The predicted octanol–water partition coefficient (Wildman–Crippen LogP) is -0.770. The number of aliphatic imine (C=N–C) groups is 1. The summed E-state index contributed by atoms with van der Waals surface area (Å²) in [4.78, 5) is 40.7. The van der Waals surface area contributed by atoms with Gasteiger partial charge < -0.3 is 31.7 Å². The van der Waals surface area contributed by atoms with Crippen LogP contribution in [0.25, 0.3) is 0 Å². The lowest BCUT2D eigenvalue weighted by atomic mass is 10.1. The second kappa shape index (κ2) is 10.2. The molecule has 0 fully saturated rings. The van der Waals surface area contributed by atoms with Crippen molar-refractivity contribution in [2.45, 2.75) is 19.3 Å². The van der Waals surface area contributed by atoms with Gasteiger partial charge in [-0.05, 0) is 23.3 Å². The van der Waals surface area contributed by atoms with Gasteiger partial charge in [0.1, 0.15) is 12.2 Å². The summed E-state index contributed by atoms with van der Waals surface area (Å²) in [6.07, 6.45) is 3.94. The number of nitrogens with one attached hydrogen (secondary N) is 2. The van der Waals surface area contributed by atoms with Crippen molar-refractivity contribution in [3.05, 3.63) is 47.0 Å². The number of carbonyl (C=O) groups is 3. The molecule has 0 aliphatic heterocycles. The van der Waals surface area contributed by atoms with Gasteiger partial charge in [-0.1, -0.05) is 0 Å². The van der Waals surface area contributed by atoms with E-state index in [1.165, 1.54) is 0 Å². The highest BCUT2D eigenvalue weighted by atomic mass is 16.2. The molecule has 0 unspecified atom stereocenters. The average Bonchev–Trinajstić information content (AvgIpc) is 3.21. The van der Waals surface area contributed by atoms with Gasteiger partial charge >= 0.3 is 0 Å². The van der Waals surface area contributed by atoms with Gasteiger partial charge in [0.15, 0.2) is 17.5 Å². The van der Waals surface area contributed by atoms with Gasteiger partial charge in [0, 0.05) is 52.3 Å². The van der Waals surface area contributed by atoms with Crippen molar-refractivity contribution < 1.29 is 14.4 Å². The van der Waals surface area contributed by atoms with Crippen LogP contribution in [-0.4, -0.2) is 51.5 Å². The van der Waals surface area contributed by atoms with Gasteiger partial charge in [0.25, 0.3) is 5.91 Å². The SMILES string of the molecule is Cn1cc(CC(=O)CN=C(N)N)cc1C(=O)Cc1cc(C(=O)NCCC(=N)N)n(C)c1. The molecule has 0 aliphatic rings. The van der Waals surface area contributed by atoms with Crippen LogP contribution >= 0.6 is 0 Å². The van der Waals surface area contributed by atoms with Crippen LogP contribution < -0.4 is 22.5 Å². The van der Waals surface area contributed by atoms with Gasteiger partial charge in [0.05, 0.1) is 11.5 Å². The summed E-state index contributed by atoms with van der Waals surface area (Å²) in [6.45, 7) is 0.156. The minimum absolute atomic E-state index is 0.00153. The normalized spacial score (nSPS) is 10.5. The Kier molecular flexibility index (Phi) is 7.72. The maximum absolute atomic E-state index is 12.8. The molecule has 2 aromatic rings. The van der Waals surface area contributed by atoms with E-state index in [9.17, 15) is 14.4 Å². The highest BCUT2D eigenvalue weighted by Gasteiger charge is 2.17. The Balaban J connectivity index is 2.03. The van der Waals surface area contributed by atoms with E-state index < -0.39 is 0 Å². The monoisotopic (exact) mass is 428 g/mol. The predicted molar refractivity (Wildman–Crippen MR) is 117 cm³/mol. The molecule has 0 radical (unpaired) electrons. The van der Waals surface area contributed by atoms with Gasteiger partial charge in [-0.3, -0.25) is 19.8 Å². The van der Waals surface area contributed by atoms with E-state index in [-0.39, 0.29) is 61.6 Å². The fourth-order valence-electron chi connectivity index (χ4n) is 3.10. The molecule has 8 N–H and O–H groups in total. The van der Waals surface area contributed by atoms with E-state index >= 15 is 0 Å². The lowest BCUT2D eigenvalue weighted by molar-refractivity contribution is -0.117. The van der Waals surface area contributed by atoms with E-state index in [2.05, 4.69) is 10.3 Å². The highest BCUT2D eigenvalue weighted by molar-refractivity contribution is 5.98. The Hall–Kier alpha value is -3.89. The van der Waals surface area contributed by atoms with E-state index in [1.807, 2.05) is 0 Å². The molecular formula is C20H28N8O3. The molecule has 0 aliphatic carbocycles. The molecule has 166 valence electrons. The summed E-state index contributed by atoms with van der Waals surface area (Å²) in [6, 6.07) is 3.33. The van der Waals surface area contributed by atoms with E-state index in [0.717, 1.165) is 0 Å². The van der Waals surface area contributed by atoms with Crippen LogP contribution in [0.2, 0.25) is 0 Å². The molecule has 2 aromatic heterocycles. The summed E-state index contributed by atoms with van der Waals surface area (Å²) in [5.74, 6) is -0.755. The fraction of sp³-hybridized carbons (Fsp3) is 0.350. The Labute approximate surface area is 179 Å². The third kappa shape index (κ3) is 6.84. The number of nitrogens with zero attached hydrogens (tertiary/aromatic N) is 3. The smallest absolute Gasteiger partial charge is 0.267 e. The summed E-state index contributed by atoms with van der Waals surface area (Å²) in [7, 11) is 3.45. The molecule has 0 bridgehead atoms. The first-order valence-electron chi connectivity index (χ1n) is 9.58. The van der Waals surface area contributed by atoms with Crippen molar-refractivity contribution in [1.29, 1.82) is 5.41 Å². The van der Waals surface area contributed by atoms with Gasteiger partial charge in [-0.25, -0.2) is 4.99 Å². The number of amidine groups is 1. The first-order valence-corrected chi connectivity index (χ1v) is 9.58. The van der Waals surface area contributed by atoms with Crippen LogP contribution in [0.15, 0.2) is 29.5 Å². The Morgan fingerprint density at radius 1 is 1.00 bits per heavy atom. The number of aromatic nitrogens is 2. The molecular weight excluding hydrogens is 400 g/mol. The molecule has 0 spiro atoms. The van der Waals surface area contributed by atoms with Gasteiger partial charge in [-0.2, -0.15) is 0 Å². The molecule has 0 aromatic carbocycles. The maximum Gasteiger partial charge on any atom is 0.267 e. The topological polar surface area (TPSA) is 187 Å².